The van der Waals surface area contributed by atoms with Gasteiger partial charge in [0.05, 0.1) is 23.1 Å². The third-order valence-corrected chi connectivity index (χ3v) is 4.67. The van der Waals surface area contributed by atoms with Crippen LogP contribution in [0.3, 0.4) is 0 Å². The molecule has 0 saturated heterocycles. The Kier molecular flexibility index (Phi) is 4.31. The molecule has 0 unspecified atom stereocenters. The minimum atomic E-state index is -3.76. The van der Waals surface area contributed by atoms with E-state index in [9.17, 15) is 8.42 Å². The molecule has 3 rings (SSSR count). The molecule has 0 radical (unpaired) electrons. The molecular formula is C16H14N6O2S. The van der Waals surface area contributed by atoms with Gasteiger partial charge in [-0.05, 0) is 53.6 Å². The molecule has 0 aliphatic rings. The zero-order valence-electron chi connectivity index (χ0n) is 13.3. The normalized spacial score (nSPS) is 11.2. The minimum absolute atomic E-state index is 0.0706. The molecule has 126 valence electrons. The standard InChI is InChI=1S/C16H14N6O2S/c1-11-8-14(6-7-15(11)25(18,23)24)16-19-21-22(20-16)10-13-4-2-12(9-17)3-5-13/h2-8H,10H2,1H3,(H2,18,23,24). The maximum absolute atomic E-state index is 11.5. The number of nitriles is 1. The molecule has 0 aliphatic carbocycles. The Balaban J connectivity index is 1.83. The van der Waals surface area contributed by atoms with Crippen molar-refractivity contribution in [3.8, 4) is 17.5 Å². The number of hydrogen-bond acceptors (Lipinski definition) is 6. The Hall–Kier alpha value is -3.09. The highest BCUT2D eigenvalue weighted by molar-refractivity contribution is 7.89. The van der Waals surface area contributed by atoms with Crippen molar-refractivity contribution in [3.63, 3.8) is 0 Å². The Morgan fingerprint density at radius 2 is 1.92 bits per heavy atom. The van der Waals surface area contributed by atoms with Crippen LogP contribution in [-0.2, 0) is 16.6 Å². The van der Waals surface area contributed by atoms with E-state index in [1.165, 1.54) is 10.9 Å². The van der Waals surface area contributed by atoms with Crippen molar-refractivity contribution in [1.82, 2.24) is 20.2 Å². The third-order valence-electron chi connectivity index (χ3n) is 3.60. The van der Waals surface area contributed by atoms with Gasteiger partial charge in [-0.1, -0.05) is 12.1 Å². The lowest BCUT2D eigenvalue weighted by Crippen LogP contribution is -2.13. The van der Waals surface area contributed by atoms with Crippen LogP contribution in [0.15, 0.2) is 47.4 Å². The number of rotatable bonds is 4. The second-order valence-corrected chi connectivity index (χ2v) is 7.01. The number of benzene rings is 2. The minimum Gasteiger partial charge on any atom is -0.225 e. The van der Waals surface area contributed by atoms with Crippen molar-refractivity contribution in [3.05, 3.63) is 59.2 Å². The topological polar surface area (TPSA) is 128 Å². The second-order valence-electron chi connectivity index (χ2n) is 5.48. The summed E-state index contributed by atoms with van der Waals surface area (Å²) in [6, 6.07) is 13.8. The third kappa shape index (κ3) is 3.71. The van der Waals surface area contributed by atoms with E-state index in [4.69, 9.17) is 10.4 Å². The number of nitrogens with two attached hydrogens (primary N) is 1. The van der Waals surface area contributed by atoms with E-state index in [0.29, 0.717) is 29.1 Å². The highest BCUT2D eigenvalue weighted by Gasteiger charge is 2.14. The van der Waals surface area contributed by atoms with Crippen LogP contribution in [0.2, 0.25) is 0 Å². The van der Waals surface area contributed by atoms with Gasteiger partial charge in [-0.25, -0.2) is 13.6 Å². The van der Waals surface area contributed by atoms with Gasteiger partial charge in [0.15, 0.2) is 0 Å². The summed E-state index contributed by atoms with van der Waals surface area (Å²) < 4.78 is 22.9. The molecule has 0 aliphatic heterocycles. The summed E-state index contributed by atoms with van der Waals surface area (Å²) in [6.07, 6.45) is 0. The molecule has 1 heterocycles. The summed E-state index contributed by atoms with van der Waals surface area (Å²) in [5.41, 5.74) is 2.68. The largest absolute Gasteiger partial charge is 0.238 e. The van der Waals surface area contributed by atoms with Gasteiger partial charge in [-0.2, -0.15) is 10.1 Å². The molecule has 0 fully saturated rings. The van der Waals surface area contributed by atoms with E-state index in [1.807, 2.05) is 12.1 Å². The molecule has 0 spiro atoms. The first-order valence-electron chi connectivity index (χ1n) is 7.27. The van der Waals surface area contributed by atoms with Crippen molar-refractivity contribution < 1.29 is 8.42 Å². The predicted molar refractivity (Wildman–Crippen MR) is 89.6 cm³/mol. The number of aryl methyl sites for hydroxylation is 1. The second kappa shape index (κ2) is 6.43. The number of nitrogens with zero attached hydrogens (tertiary/aromatic N) is 5. The number of sulfonamides is 1. The van der Waals surface area contributed by atoms with Crippen LogP contribution in [0, 0.1) is 18.3 Å². The summed E-state index contributed by atoms with van der Waals surface area (Å²) in [6.45, 7) is 2.07. The van der Waals surface area contributed by atoms with Crippen LogP contribution < -0.4 is 5.14 Å². The Labute approximate surface area is 144 Å². The van der Waals surface area contributed by atoms with Crippen molar-refractivity contribution in [2.75, 3.05) is 0 Å². The summed E-state index contributed by atoms with van der Waals surface area (Å²) >= 11 is 0. The fourth-order valence-electron chi connectivity index (χ4n) is 2.38. The first-order valence-corrected chi connectivity index (χ1v) is 8.82. The molecular weight excluding hydrogens is 340 g/mol. The van der Waals surface area contributed by atoms with Crippen molar-refractivity contribution in [2.45, 2.75) is 18.4 Å². The zero-order chi connectivity index (χ0) is 18.0. The average Bonchev–Trinajstić information content (AvgIpc) is 3.03. The van der Waals surface area contributed by atoms with Crippen LogP contribution in [0.25, 0.3) is 11.4 Å². The molecule has 9 heteroatoms. The van der Waals surface area contributed by atoms with Crippen LogP contribution in [-0.4, -0.2) is 28.6 Å². The Morgan fingerprint density at radius 3 is 2.52 bits per heavy atom. The van der Waals surface area contributed by atoms with Gasteiger partial charge in [0, 0.05) is 5.56 Å². The van der Waals surface area contributed by atoms with Crippen LogP contribution >= 0.6 is 0 Å². The quantitative estimate of drug-likeness (QED) is 0.750. The fourth-order valence-corrected chi connectivity index (χ4v) is 3.15. The van der Waals surface area contributed by atoms with Crippen molar-refractivity contribution >= 4 is 10.0 Å². The first-order chi connectivity index (χ1) is 11.9. The van der Waals surface area contributed by atoms with E-state index in [1.54, 1.807) is 31.2 Å². The van der Waals surface area contributed by atoms with Gasteiger partial charge in [0.2, 0.25) is 15.8 Å². The number of tetrazole rings is 1. The van der Waals surface area contributed by atoms with Gasteiger partial charge >= 0.3 is 0 Å². The maximum atomic E-state index is 11.5. The number of primary sulfonamides is 1. The molecule has 8 nitrogen and oxygen atoms in total. The summed E-state index contributed by atoms with van der Waals surface area (Å²) in [7, 11) is -3.76. The van der Waals surface area contributed by atoms with Gasteiger partial charge < -0.3 is 0 Å². The monoisotopic (exact) mass is 354 g/mol. The average molecular weight is 354 g/mol. The summed E-state index contributed by atoms with van der Waals surface area (Å²) in [5.74, 6) is 0.387. The fraction of sp³-hybridized carbons (Fsp3) is 0.125. The van der Waals surface area contributed by atoms with Crippen LogP contribution in [0.4, 0.5) is 0 Å². The molecule has 2 N–H and O–H groups in total. The lowest BCUT2D eigenvalue weighted by molar-refractivity contribution is 0.573. The molecule has 1 aromatic heterocycles. The van der Waals surface area contributed by atoms with E-state index in [-0.39, 0.29) is 4.90 Å². The summed E-state index contributed by atoms with van der Waals surface area (Å²) in [4.78, 5) is 1.50. The molecule has 0 bridgehead atoms. The Bertz CT molecular complexity index is 1060. The number of aromatic nitrogens is 4. The molecule has 25 heavy (non-hydrogen) atoms. The predicted octanol–water partition coefficient (Wildman–Crippen LogP) is 1.22. The van der Waals surface area contributed by atoms with E-state index in [0.717, 1.165) is 5.56 Å². The van der Waals surface area contributed by atoms with Crippen LogP contribution in [0.1, 0.15) is 16.7 Å². The smallest absolute Gasteiger partial charge is 0.225 e. The highest BCUT2D eigenvalue weighted by Crippen LogP contribution is 2.21. The van der Waals surface area contributed by atoms with E-state index in [2.05, 4.69) is 21.5 Å². The lowest BCUT2D eigenvalue weighted by Gasteiger charge is -2.04. The molecule has 3 aromatic rings. The van der Waals surface area contributed by atoms with Crippen molar-refractivity contribution in [1.29, 1.82) is 5.26 Å². The van der Waals surface area contributed by atoms with Gasteiger partial charge in [0.25, 0.3) is 0 Å². The molecule has 0 amide bonds. The van der Waals surface area contributed by atoms with Gasteiger partial charge in [-0.3, -0.25) is 0 Å². The van der Waals surface area contributed by atoms with Crippen molar-refractivity contribution in [2.24, 2.45) is 5.14 Å². The zero-order valence-corrected chi connectivity index (χ0v) is 14.1. The summed E-state index contributed by atoms with van der Waals surface area (Å²) in [5, 5.41) is 26.3. The maximum Gasteiger partial charge on any atom is 0.238 e. The SMILES string of the molecule is Cc1cc(-c2nnn(Cc3ccc(C#N)cc3)n2)ccc1S(N)(=O)=O. The van der Waals surface area contributed by atoms with E-state index >= 15 is 0 Å². The first kappa shape index (κ1) is 16.8. The molecule has 0 saturated carbocycles. The van der Waals surface area contributed by atoms with Gasteiger partial charge in [0.1, 0.15) is 0 Å². The van der Waals surface area contributed by atoms with E-state index < -0.39 is 10.0 Å². The van der Waals surface area contributed by atoms with Gasteiger partial charge in [-0.15, -0.1) is 10.2 Å². The number of hydrogen-bond donors (Lipinski definition) is 1. The lowest BCUT2D eigenvalue weighted by atomic mass is 10.1. The van der Waals surface area contributed by atoms with Crippen LogP contribution in [0.5, 0.6) is 0 Å². The molecule has 2 aromatic carbocycles. The Morgan fingerprint density at radius 1 is 1.20 bits per heavy atom. The molecule has 0 atom stereocenters. The highest BCUT2D eigenvalue weighted by atomic mass is 32.2.